The summed E-state index contributed by atoms with van der Waals surface area (Å²) in [6.45, 7) is 39.4. The summed E-state index contributed by atoms with van der Waals surface area (Å²) in [7, 11) is 0. The van der Waals surface area contributed by atoms with Crippen LogP contribution in [0.2, 0.25) is 0 Å². The molecule has 5 rings (SSSR count). The van der Waals surface area contributed by atoms with Crippen molar-refractivity contribution in [2.45, 2.75) is 355 Å². The molecule has 0 aromatic heterocycles. The molecular formula is C83H144N18O16. The van der Waals surface area contributed by atoms with Crippen LogP contribution in [0.4, 0.5) is 0 Å². The van der Waals surface area contributed by atoms with Gasteiger partial charge >= 0.3 is 0 Å². The van der Waals surface area contributed by atoms with Crippen molar-refractivity contribution < 1.29 is 76.7 Å². The van der Waals surface area contributed by atoms with Crippen LogP contribution >= 0.6 is 0 Å². The molecule has 10 atom stereocenters. The second-order valence-corrected chi connectivity index (χ2v) is 37.3. The van der Waals surface area contributed by atoms with E-state index in [0.29, 0.717) is 57.3 Å². The van der Waals surface area contributed by atoms with Crippen molar-refractivity contribution in [3.05, 3.63) is 0 Å². The Morgan fingerprint density at radius 2 is 0.821 bits per heavy atom. The van der Waals surface area contributed by atoms with E-state index < -0.39 is 164 Å². The lowest BCUT2D eigenvalue weighted by molar-refractivity contribution is -0.151. The third-order valence-electron chi connectivity index (χ3n) is 23.2. The molecule has 16 amide bonds. The van der Waals surface area contributed by atoms with Crippen molar-refractivity contribution >= 4 is 94.5 Å². The molecule has 34 nitrogen and oxygen atoms in total. The molecule has 34 heteroatoms. The summed E-state index contributed by atoms with van der Waals surface area (Å²) >= 11 is 0. The highest BCUT2D eigenvalue weighted by atomic mass is 16.2. The first-order valence-corrected chi connectivity index (χ1v) is 42.6. The van der Waals surface area contributed by atoms with E-state index in [0.717, 1.165) is 58.2 Å². The first kappa shape index (κ1) is 99.0. The molecular weight excluding hydrogens is 1510 g/mol. The SMILES string of the molecule is CCC(C)(NC(=O)C(CC(C)C)NC(=O)C(C)NC(=O)C(C)(C)NC(=O)[C@@H]1CCCCN1C(=O)C(C)(C)NC(=O)C(C)(C)NC(=O)CNC(=O)CCNC(=O)[C@H](CC(C)C)NC(=O)C(C)(C)NC(=O)C(C)(CC)NC(=O)[C@@H]1CCCCN1C(=O)C(C)(C)NC(=O)[C@@H]1CCCCN1C(C)=O)C(=O)NC(CC(C)C)CN1CCCN2CCCC21. The molecule has 13 N–H and O–H groups in total. The van der Waals surface area contributed by atoms with E-state index >= 15 is 0 Å². The summed E-state index contributed by atoms with van der Waals surface area (Å²) < 4.78 is 0. The van der Waals surface area contributed by atoms with Crippen molar-refractivity contribution in [1.29, 1.82) is 0 Å². The van der Waals surface area contributed by atoms with Gasteiger partial charge in [-0.05, 0) is 223 Å². The van der Waals surface area contributed by atoms with Crippen LogP contribution in [0.15, 0.2) is 0 Å². The Balaban J connectivity index is 1.09. The number of piperidine rings is 3. The van der Waals surface area contributed by atoms with Crippen molar-refractivity contribution in [2.75, 3.05) is 58.9 Å². The quantitative estimate of drug-likeness (QED) is 0.0419. The van der Waals surface area contributed by atoms with Gasteiger partial charge in [-0.25, -0.2) is 0 Å². The van der Waals surface area contributed by atoms with Crippen LogP contribution in [-0.4, -0.2) is 265 Å². The summed E-state index contributed by atoms with van der Waals surface area (Å²) in [5, 5.41) is 35.9. The van der Waals surface area contributed by atoms with Crippen molar-refractivity contribution in [3.63, 3.8) is 0 Å². The molecule has 0 aromatic rings. The van der Waals surface area contributed by atoms with E-state index in [1.807, 2.05) is 34.6 Å². The fourth-order valence-electron chi connectivity index (χ4n) is 15.7. The summed E-state index contributed by atoms with van der Waals surface area (Å²) in [6, 6.07) is -6.40. The number of likely N-dealkylation sites (tertiary alicyclic amines) is 3. The maximum atomic E-state index is 14.5. The van der Waals surface area contributed by atoms with Crippen LogP contribution in [0.25, 0.3) is 0 Å². The van der Waals surface area contributed by atoms with Crippen LogP contribution in [0.3, 0.4) is 0 Å². The van der Waals surface area contributed by atoms with Gasteiger partial charge in [-0.3, -0.25) is 86.5 Å². The molecule has 5 aliphatic heterocycles. The van der Waals surface area contributed by atoms with Crippen LogP contribution in [-0.2, 0) is 76.7 Å². The molecule has 5 heterocycles. The first-order chi connectivity index (χ1) is 54.2. The Kier molecular flexibility index (Phi) is 35.9. The Labute approximate surface area is 693 Å². The van der Waals surface area contributed by atoms with Crippen LogP contribution < -0.4 is 69.1 Å². The van der Waals surface area contributed by atoms with Gasteiger partial charge in [0.25, 0.3) is 0 Å². The van der Waals surface area contributed by atoms with E-state index in [-0.39, 0.29) is 94.3 Å². The van der Waals surface area contributed by atoms with Gasteiger partial charge in [0.1, 0.15) is 75.0 Å². The Bertz CT molecular complexity index is 3580. The van der Waals surface area contributed by atoms with Gasteiger partial charge in [0.15, 0.2) is 0 Å². The molecule has 0 radical (unpaired) electrons. The number of hydrogen-bond donors (Lipinski definition) is 13. The highest BCUT2D eigenvalue weighted by molar-refractivity contribution is 6.03. The van der Waals surface area contributed by atoms with Gasteiger partial charge in [0, 0.05) is 65.2 Å². The Morgan fingerprint density at radius 3 is 1.34 bits per heavy atom. The Morgan fingerprint density at radius 1 is 0.376 bits per heavy atom. The first-order valence-electron chi connectivity index (χ1n) is 42.6. The molecule has 0 saturated carbocycles. The molecule has 0 aromatic carbocycles. The lowest BCUT2D eigenvalue weighted by Crippen LogP contribution is -2.67. The molecule has 0 bridgehead atoms. The number of nitrogens with one attached hydrogen (secondary N) is 13. The summed E-state index contributed by atoms with van der Waals surface area (Å²) in [6.07, 6.45) is 9.50. The highest BCUT2D eigenvalue weighted by Gasteiger charge is 2.49. The molecule has 6 unspecified atom stereocenters. The summed E-state index contributed by atoms with van der Waals surface area (Å²) in [5.41, 5.74) is -11.0. The summed E-state index contributed by atoms with van der Waals surface area (Å²) in [4.78, 5) is 231. The standard InChI is InChI=1S/C83H144N18O16/c1-23-82(21,73(114)87-55(45-50(3)4)49-98-41-32-40-97-39-31-36-63(97)98)93-66(107)57(47-52(7)8)88-64(105)53(9)86-70(111)77(11,12)91-68(109)59-34-26-29-43-100(59)76(117)81(19,20)95-72(113)79(15,16)90-62(104)48-85-61(103)37-38-84-65(106)56(46-51(5)6)89-71(112)78(13,14)96-74(115)83(22,24-2)94-69(110)60-35-27-30-44-101(60)75(116)80(17,18)92-67(108)58-33-25-28-42-99(58)54(10)102/h50-53,55-60,63H,23-49H2,1-22H3,(H,84,106)(H,85,103)(H,86,111)(H,87,114)(H,88,105)(H,89,112)(H,90,104)(H,91,109)(H,92,108)(H,93,107)(H,94,110)(H,95,113)(H,96,115)/t53?,55?,56-,57?,58-,59-,60-,63?,82?,83?/m0/s1. The highest BCUT2D eigenvalue weighted by Crippen LogP contribution is 2.30. The number of carbonyl (C=O) groups is 16. The maximum Gasteiger partial charge on any atom is 0.248 e. The van der Waals surface area contributed by atoms with Crippen LogP contribution in [0, 0.1) is 17.8 Å². The largest absolute Gasteiger partial charge is 0.354 e. The van der Waals surface area contributed by atoms with E-state index in [1.165, 1.54) is 90.9 Å². The van der Waals surface area contributed by atoms with Gasteiger partial charge < -0.3 is 83.8 Å². The lowest BCUT2D eigenvalue weighted by atomic mass is 9.91. The number of amides is 16. The summed E-state index contributed by atoms with van der Waals surface area (Å²) in [5.74, 6) is -9.66. The van der Waals surface area contributed by atoms with Gasteiger partial charge in [-0.1, -0.05) is 55.4 Å². The number of carbonyl (C=O) groups excluding carboxylic acids is 16. The molecule has 5 aliphatic rings. The monoisotopic (exact) mass is 1650 g/mol. The van der Waals surface area contributed by atoms with Crippen molar-refractivity contribution in [3.8, 4) is 0 Å². The van der Waals surface area contributed by atoms with Gasteiger partial charge in [-0.15, -0.1) is 0 Å². The zero-order valence-electron chi connectivity index (χ0n) is 74.2. The van der Waals surface area contributed by atoms with E-state index in [9.17, 15) is 76.7 Å². The minimum Gasteiger partial charge on any atom is -0.354 e. The molecule has 662 valence electrons. The zero-order chi connectivity index (χ0) is 88.3. The fraction of sp³-hybridized carbons (Fsp3) is 0.807. The van der Waals surface area contributed by atoms with Gasteiger partial charge in [-0.2, -0.15) is 0 Å². The molecule has 5 fully saturated rings. The van der Waals surface area contributed by atoms with Gasteiger partial charge in [0.2, 0.25) is 94.5 Å². The maximum absolute atomic E-state index is 14.5. The minimum absolute atomic E-state index is 0.0650. The smallest absolute Gasteiger partial charge is 0.248 e. The van der Waals surface area contributed by atoms with Crippen LogP contribution in [0.1, 0.15) is 268 Å². The lowest BCUT2D eigenvalue weighted by Gasteiger charge is -2.42. The normalized spacial score (nSPS) is 20.6. The molecule has 0 spiro atoms. The van der Waals surface area contributed by atoms with E-state index in [4.69, 9.17) is 0 Å². The van der Waals surface area contributed by atoms with E-state index in [1.54, 1.807) is 27.7 Å². The fourth-order valence-corrected chi connectivity index (χ4v) is 15.7. The molecule has 117 heavy (non-hydrogen) atoms. The number of hydrogen-bond acceptors (Lipinski definition) is 18. The third kappa shape index (κ3) is 28.0. The molecule has 0 aliphatic carbocycles. The third-order valence-corrected chi connectivity index (χ3v) is 23.2. The number of rotatable bonds is 39. The predicted octanol–water partition coefficient (Wildman–Crippen LogP) is 2.04. The predicted molar refractivity (Wildman–Crippen MR) is 442 cm³/mol. The second kappa shape index (κ2) is 42.4. The second-order valence-electron chi connectivity index (χ2n) is 37.3. The topological polar surface area (TPSA) is 446 Å². The van der Waals surface area contributed by atoms with Crippen molar-refractivity contribution in [1.82, 2.24) is 93.6 Å². The average molecular weight is 1650 g/mol. The van der Waals surface area contributed by atoms with Gasteiger partial charge in [0.05, 0.1) is 12.7 Å². The minimum atomic E-state index is -1.67. The number of nitrogens with zero attached hydrogens (tertiary/aromatic N) is 5. The van der Waals surface area contributed by atoms with Crippen molar-refractivity contribution in [2.24, 2.45) is 17.8 Å². The number of fused-ring (bicyclic) bond motifs is 1. The average Bonchev–Trinajstić information content (AvgIpc) is 1.44. The molecule has 5 saturated heterocycles. The zero-order valence-corrected chi connectivity index (χ0v) is 74.2. The van der Waals surface area contributed by atoms with Crippen LogP contribution in [0.5, 0.6) is 0 Å². The Hall–Kier alpha value is -8.56. The van der Waals surface area contributed by atoms with E-state index in [2.05, 4.69) is 92.8 Å².